The van der Waals surface area contributed by atoms with Crippen LogP contribution in [0.1, 0.15) is 60.8 Å². The highest BCUT2D eigenvalue weighted by Crippen LogP contribution is 2.46. The highest BCUT2D eigenvalue weighted by molar-refractivity contribution is 5.84. The van der Waals surface area contributed by atoms with Gasteiger partial charge in [0.05, 0.1) is 6.10 Å². The van der Waals surface area contributed by atoms with Crippen LogP contribution in [0.25, 0.3) is 0 Å². The lowest BCUT2D eigenvalue weighted by atomic mass is 9.70. The second-order valence-corrected chi connectivity index (χ2v) is 6.79. The molecular formula is C16H28O2. The summed E-state index contributed by atoms with van der Waals surface area (Å²) in [6, 6.07) is 0. The molecule has 2 nitrogen and oxygen atoms in total. The minimum Gasteiger partial charge on any atom is -0.392 e. The standard InChI is InChI=1S/C16H28O2/c1-7-13(17)16(5,6)14(18)10-12-9-8-11(2)15(12,3)4/h8,12,14,18H,7,9-10H2,1-6H3. The van der Waals surface area contributed by atoms with Crippen molar-refractivity contribution in [3.05, 3.63) is 11.6 Å². The number of rotatable bonds is 5. The maximum absolute atomic E-state index is 11.9. The summed E-state index contributed by atoms with van der Waals surface area (Å²) in [5.74, 6) is 0.590. The van der Waals surface area contributed by atoms with Crippen molar-refractivity contribution in [2.24, 2.45) is 16.7 Å². The summed E-state index contributed by atoms with van der Waals surface area (Å²) in [7, 11) is 0. The van der Waals surface area contributed by atoms with E-state index in [0.717, 1.165) is 6.42 Å². The molecule has 0 aliphatic heterocycles. The molecular weight excluding hydrogens is 224 g/mol. The first-order valence-corrected chi connectivity index (χ1v) is 7.02. The van der Waals surface area contributed by atoms with Gasteiger partial charge in [0.2, 0.25) is 0 Å². The molecule has 0 amide bonds. The van der Waals surface area contributed by atoms with Gasteiger partial charge in [0, 0.05) is 11.8 Å². The van der Waals surface area contributed by atoms with Crippen molar-refractivity contribution < 1.29 is 9.90 Å². The van der Waals surface area contributed by atoms with Crippen molar-refractivity contribution in [1.29, 1.82) is 0 Å². The Morgan fingerprint density at radius 1 is 1.56 bits per heavy atom. The van der Waals surface area contributed by atoms with E-state index in [0.29, 0.717) is 18.8 Å². The summed E-state index contributed by atoms with van der Waals surface area (Å²) in [6.07, 6.45) is 3.95. The Morgan fingerprint density at radius 2 is 2.11 bits per heavy atom. The van der Waals surface area contributed by atoms with Crippen LogP contribution in [-0.2, 0) is 4.79 Å². The number of ketones is 1. The second-order valence-electron chi connectivity index (χ2n) is 6.79. The molecule has 0 saturated heterocycles. The summed E-state index contributed by atoms with van der Waals surface area (Å²) in [5, 5.41) is 10.4. The fourth-order valence-corrected chi connectivity index (χ4v) is 2.80. The number of Topliss-reactive ketones (excluding diaryl/α,β-unsaturated/α-hetero) is 1. The van der Waals surface area contributed by atoms with Crippen LogP contribution < -0.4 is 0 Å². The zero-order valence-electron chi connectivity index (χ0n) is 12.7. The Morgan fingerprint density at radius 3 is 2.50 bits per heavy atom. The molecule has 1 aliphatic carbocycles. The molecule has 0 aromatic rings. The fourth-order valence-electron chi connectivity index (χ4n) is 2.80. The molecule has 1 N–H and O–H groups in total. The molecule has 2 heteroatoms. The van der Waals surface area contributed by atoms with Gasteiger partial charge in [0.15, 0.2) is 0 Å². The van der Waals surface area contributed by atoms with Crippen LogP contribution in [0.3, 0.4) is 0 Å². The van der Waals surface area contributed by atoms with Crippen molar-refractivity contribution in [2.75, 3.05) is 0 Å². The van der Waals surface area contributed by atoms with E-state index in [1.165, 1.54) is 5.57 Å². The van der Waals surface area contributed by atoms with Gasteiger partial charge in [-0.15, -0.1) is 0 Å². The van der Waals surface area contributed by atoms with Gasteiger partial charge in [-0.2, -0.15) is 0 Å². The molecule has 0 fully saturated rings. The van der Waals surface area contributed by atoms with Gasteiger partial charge in [0.25, 0.3) is 0 Å². The normalized spacial score (nSPS) is 24.8. The number of carbonyl (C=O) groups excluding carboxylic acids is 1. The van der Waals surface area contributed by atoms with Crippen molar-refractivity contribution in [2.45, 2.75) is 66.9 Å². The molecule has 1 aliphatic rings. The maximum Gasteiger partial charge on any atom is 0.140 e. The molecule has 2 unspecified atom stereocenters. The molecule has 0 aromatic carbocycles. The zero-order chi connectivity index (χ0) is 14.1. The van der Waals surface area contributed by atoms with Crippen LogP contribution in [0.2, 0.25) is 0 Å². The molecule has 0 aromatic heterocycles. The van der Waals surface area contributed by atoms with Crippen molar-refractivity contribution >= 4 is 5.78 Å². The SMILES string of the molecule is CCC(=O)C(C)(C)C(O)CC1CC=C(C)C1(C)C. The first kappa shape index (κ1) is 15.4. The van der Waals surface area contributed by atoms with Crippen LogP contribution in [0.5, 0.6) is 0 Å². The highest BCUT2D eigenvalue weighted by Gasteiger charge is 2.41. The Kier molecular flexibility index (Phi) is 4.42. The number of carbonyl (C=O) groups is 1. The average Bonchev–Trinajstić information content (AvgIpc) is 2.54. The number of aliphatic hydroxyl groups is 1. The third kappa shape index (κ3) is 2.69. The van der Waals surface area contributed by atoms with Gasteiger partial charge >= 0.3 is 0 Å². The van der Waals surface area contributed by atoms with E-state index >= 15 is 0 Å². The lowest BCUT2D eigenvalue weighted by molar-refractivity contribution is -0.133. The summed E-state index contributed by atoms with van der Waals surface area (Å²) < 4.78 is 0. The van der Waals surface area contributed by atoms with Gasteiger partial charge in [-0.1, -0.05) is 46.3 Å². The molecule has 18 heavy (non-hydrogen) atoms. The minimum absolute atomic E-state index is 0.145. The lowest BCUT2D eigenvalue weighted by Crippen LogP contribution is -2.39. The molecule has 2 atom stereocenters. The largest absolute Gasteiger partial charge is 0.392 e. The van der Waals surface area contributed by atoms with Crippen molar-refractivity contribution in [3.63, 3.8) is 0 Å². The van der Waals surface area contributed by atoms with E-state index in [-0.39, 0.29) is 11.2 Å². The number of hydrogen-bond acceptors (Lipinski definition) is 2. The van der Waals surface area contributed by atoms with Gasteiger partial charge in [0.1, 0.15) is 5.78 Å². The molecule has 104 valence electrons. The third-order valence-electron chi connectivity index (χ3n) is 5.13. The van der Waals surface area contributed by atoms with E-state index in [1.807, 2.05) is 20.8 Å². The van der Waals surface area contributed by atoms with E-state index in [4.69, 9.17) is 0 Å². The topological polar surface area (TPSA) is 37.3 Å². The highest BCUT2D eigenvalue weighted by atomic mass is 16.3. The summed E-state index contributed by atoms with van der Waals surface area (Å²) >= 11 is 0. The Balaban J connectivity index is 2.73. The summed E-state index contributed by atoms with van der Waals surface area (Å²) in [6.45, 7) is 12.2. The van der Waals surface area contributed by atoms with E-state index in [2.05, 4.69) is 26.8 Å². The molecule has 0 saturated carbocycles. The molecule has 0 bridgehead atoms. The molecule has 0 heterocycles. The van der Waals surface area contributed by atoms with E-state index < -0.39 is 11.5 Å². The number of aliphatic hydroxyl groups excluding tert-OH is 1. The predicted octanol–water partition coefficient (Wildman–Crippen LogP) is 3.74. The van der Waals surface area contributed by atoms with Crippen LogP contribution in [0.15, 0.2) is 11.6 Å². The Hall–Kier alpha value is -0.630. The van der Waals surface area contributed by atoms with Crippen LogP contribution in [-0.4, -0.2) is 17.0 Å². The van der Waals surface area contributed by atoms with Gasteiger partial charge in [-0.25, -0.2) is 0 Å². The van der Waals surface area contributed by atoms with E-state index in [1.54, 1.807) is 0 Å². The van der Waals surface area contributed by atoms with Crippen molar-refractivity contribution in [3.8, 4) is 0 Å². The summed E-state index contributed by atoms with van der Waals surface area (Å²) in [4.78, 5) is 11.9. The second kappa shape index (κ2) is 5.16. The molecule has 1 rings (SSSR count). The first-order valence-electron chi connectivity index (χ1n) is 7.02. The zero-order valence-corrected chi connectivity index (χ0v) is 12.7. The first-order chi connectivity index (χ1) is 8.14. The smallest absolute Gasteiger partial charge is 0.140 e. The monoisotopic (exact) mass is 252 g/mol. The third-order valence-corrected chi connectivity index (χ3v) is 5.13. The lowest BCUT2D eigenvalue weighted by Gasteiger charge is -2.36. The van der Waals surface area contributed by atoms with Gasteiger partial charge < -0.3 is 5.11 Å². The predicted molar refractivity (Wildman–Crippen MR) is 75.3 cm³/mol. The Bertz CT molecular complexity index is 350. The van der Waals surface area contributed by atoms with Crippen LogP contribution in [0, 0.1) is 16.7 Å². The van der Waals surface area contributed by atoms with Gasteiger partial charge in [-0.05, 0) is 31.1 Å². The minimum atomic E-state index is -0.624. The van der Waals surface area contributed by atoms with Crippen LogP contribution >= 0.6 is 0 Å². The summed E-state index contributed by atoms with van der Waals surface area (Å²) in [5.41, 5.74) is 0.924. The van der Waals surface area contributed by atoms with E-state index in [9.17, 15) is 9.90 Å². The average molecular weight is 252 g/mol. The van der Waals surface area contributed by atoms with Crippen molar-refractivity contribution in [1.82, 2.24) is 0 Å². The quantitative estimate of drug-likeness (QED) is 0.757. The fraction of sp³-hybridized carbons (Fsp3) is 0.812. The number of allylic oxidation sites excluding steroid dienone is 2. The molecule has 0 radical (unpaired) electrons. The maximum atomic E-state index is 11.9. The van der Waals surface area contributed by atoms with Gasteiger partial charge in [-0.3, -0.25) is 4.79 Å². The van der Waals surface area contributed by atoms with Crippen LogP contribution in [0.4, 0.5) is 0 Å². The molecule has 0 spiro atoms. The Labute approximate surface area is 111 Å². The number of hydrogen-bond donors (Lipinski definition) is 1.